The molecule has 10 nitrogen and oxygen atoms in total. The highest BCUT2D eigenvalue weighted by molar-refractivity contribution is 7.07. The van der Waals surface area contributed by atoms with E-state index >= 15 is 0 Å². The van der Waals surface area contributed by atoms with E-state index in [9.17, 15) is 14.4 Å². The molecule has 0 amide bonds. The number of thiazole rings is 1. The third-order valence-corrected chi connectivity index (χ3v) is 10.4. The van der Waals surface area contributed by atoms with E-state index in [-0.39, 0.29) is 24.3 Å². The van der Waals surface area contributed by atoms with Crippen molar-refractivity contribution in [1.29, 1.82) is 0 Å². The number of hydrogen-bond acceptors (Lipinski definition) is 9. The van der Waals surface area contributed by atoms with Crippen molar-refractivity contribution in [3.05, 3.63) is 156 Å². The Balaban J connectivity index is 1.46. The molecule has 7 rings (SSSR count). The lowest BCUT2D eigenvalue weighted by molar-refractivity contribution is -0.143. The van der Waals surface area contributed by atoms with Crippen LogP contribution < -0.4 is 24.4 Å². The molecule has 0 saturated carbocycles. The fourth-order valence-electron chi connectivity index (χ4n) is 6.74. The average molecular weight is 788 g/mol. The van der Waals surface area contributed by atoms with E-state index in [0.717, 1.165) is 33.8 Å². The number of aromatic nitrogens is 2. The Bertz CT molecular complexity index is 2630. The summed E-state index contributed by atoms with van der Waals surface area (Å²) in [5.41, 5.74) is 6.30. The molecule has 56 heavy (non-hydrogen) atoms. The van der Waals surface area contributed by atoms with Crippen LogP contribution in [0.25, 0.3) is 34.3 Å². The number of fused-ring (bicyclic) bond motifs is 1. The predicted molar refractivity (Wildman–Crippen MR) is 217 cm³/mol. The molecule has 1 atom stereocenters. The number of benzene rings is 4. The standard InChI is InChI=1S/C44H38ClN3O7S/c1-5-53-36-24-30(17-22-35(36)55-26-38(49)52-4)41-39(43(51)54-6-2)27(3)46-44-48(41)42(50)37(56-44)25-31-23-34(28-13-9-7-10-14-28)47(33-20-18-32(45)19-21-33)40(31)29-15-11-8-12-16-29/h7-25,41H,5-6,26H2,1-4H3/b37-25+/t41-/m1/s1. The molecule has 0 spiro atoms. The first-order valence-electron chi connectivity index (χ1n) is 18.0. The van der Waals surface area contributed by atoms with E-state index in [1.54, 1.807) is 32.0 Å². The van der Waals surface area contributed by atoms with Gasteiger partial charge in [0.1, 0.15) is 0 Å². The summed E-state index contributed by atoms with van der Waals surface area (Å²) in [7, 11) is 1.28. The molecular weight excluding hydrogens is 750 g/mol. The van der Waals surface area contributed by atoms with Gasteiger partial charge in [-0.1, -0.05) is 89.7 Å². The molecule has 0 bridgehead atoms. The Kier molecular flexibility index (Phi) is 11.4. The zero-order valence-corrected chi connectivity index (χ0v) is 32.7. The molecule has 284 valence electrons. The van der Waals surface area contributed by atoms with Gasteiger partial charge < -0.3 is 23.5 Å². The minimum absolute atomic E-state index is 0.133. The van der Waals surface area contributed by atoms with Gasteiger partial charge >= 0.3 is 11.9 Å². The number of nitrogens with zero attached hydrogens (tertiary/aromatic N) is 3. The van der Waals surface area contributed by atoms with Gasteiger partial charge in [0.15, 0.2) is 22.9 Å². The van der Waals surface area contributed by atoms with Gasteiger partial charge in [0.05, 0.1) is 53.6 Å². The van der Waals surface area contributed by atoms with Crippen molar-refractivity contribution in [3.8, 4) is 39.7 Å². The topological polar surface area (TPSA) is 110 Å². The zero-order valence-electron chi connectivity index (χ0n) is 31.2. The predicted octanol–water partition coefficient (Wildman–Crippen LogP) is 7.53. The summed E-state index contributed by atoms with van der Waals surface area (Å²) >= 11 is 7.58. The summed E-state index contributed by atoms with van der Waals surface area (Å²) in [4.78, 5) is 45.5. The molecule has 6 aromatic rings. The van der Waals surface area contributed by atoms with E-state index < -0.39 is 18.0 Å². The van der Waals surface area contributed by atoms with Crippen LogP contribution >= 0.6 is 22.9 Å². The molecule has 1 aliphatic rings. The van der Waals surface area contributed by atoms with Gasteiger partial charge in [-0.25, -0.2) is 14.6 Å². The highest BCUT2D eigenvalue weighted by atomic mass is 35.5. The second kappa shape index (κ2) is 16.7. The van der Waals surface area contributed by atoms with E-state index in [1.807, 2.05) is 85.8 Å². The number of hydrogen-bond donors (Lipinski definition) is 0. The van der Waals surface area contributed by atoms with Gasteiger partial charge in [0, 0.05) is 16.3 Å². The summed E-state index contributed by atoms with van der Waals surface area (Å²) in [5, 5.41) is 0.619. The van der Waals surface area contributed by atoms with Crippen molar-refractivity contribution in [1.82, 2.24) is 9.13 Å². The van der Waals surface area contributed by atoms with Crippen molar-refractivity contribution >= 4 is 41.0 Å². The molecule has 0 radical (unpaired) electrons. The highest BCUT2D eigenvalue weighted by Gasteiger charge is 2.34. The van der Waals surface area contributed by atoms with Crippen LogP contribution in [0.5, 0.6) is 11.5 Å². The normalized spacial score (nSPS) is 13.9. The van der Waals surface area contributed by atoms with Gasteiger partial charge in [-0.15, -0.1) is 0 Å². The van der Waals surface area contributed by atoms with Crippen molar-refractivity contribution in [2.24, 2.45) is 4.99 Å². The fourth-order valence-corrected chi connectivity index (χ4v) is 7.90. The number of carbonyl (C=O) groups is 2. The van der Waals surface area contributed by atoms with E-state index in [2.05, 4.69) is 22.8 Å². The first-order valence-corrected chi connectivity index (χ1v) is 19.2. The van der Waals surface area contributed by atoms with Crippen molar-refractivity contribution in [2.75, 3.05) is 26.9 Å². The average Bonchev–Trinajstić information content (AvgIpc) is 3.74. The second-order valence-corrected chi connectivity index (χ2v) is 14.1. The highest BCUT2D eigenvalue weighted by Crippen LogP contribution is 2.38. The Morgan fingerprint density at radius 1 is 0.857 bits per heavy atom. The van der Waals surface area contributed by atoms with Gasteiger partial charge in [-0.05, 0) is 86.0 Å². The number of allylic oxidation sites excluding steroid dienone is 1. The molecule has 12 heteroatoms. The second-order valence-electron chi connectivity index (χ2n) is 12.7. The maximum atomic E-state index is 14.8. The van der Waals surface area contributed by atoms with Crippen LogP contribution in [0.15, 0.2) is 130 Å². The number of esters is 2. The summed E-state index contributed by atoms with van der Waals surface area (Å²) in [6, 6.07) is 34.0. The van der Waals surface area contributed by atoms with Gasteiger partial charge in [-0.3, -0.25) is 9.36 Å². The van der Waals surface area contributed by atoms with Crippen LogP contribution in [-0.2, 0) is 19.1 Å². The maximum Gasteiger partial charge on any atom is 0.343 e. The van der Waals surface area contributed by atoms with Crippen LogP contribution in [0, 0.1) is 0 Å². The van der Waals surface area contributed by atoms with Gasteiger partial charge in [-0.2, -0.15) is 0 Å². The Labute approximate surface area is 332 Å². The minimum Gasteiger partial charge on any atom is -0.490 e. The molecule has 0 fully saturated rings. The quantitative estimate of drug-likeness (QED) is 0.118. The third kappa shape index (κ3) is 7.56. The van der Waals surface area contributed by atoms with Crippen LogP contribution in [0.2, 0.25) is 5.02 Å². The maximum absolute atomic E-state index is 14.8. The largest absolute Gasteiger partial charge is 0.490 e. The molecule has 1 aliphatic heterocycles. The molecule has 0 unspecified atom stereocenters. The van der Waals surface area contributed by atoms with Gasteiger partial charge in [0.2, 0.25) is 0 Å². The monoisotopic (exact) mass is 787 g/mol. The summed E-state index contributed by atoms with van der Waals surface area (Å²) in [6.07, 6.45) is 1.89. The van der Waals surface area contributed by atoms with E-state index in [4.69, 9.17) is 35.5 Å². The van der Waals surface area contributed by atoms with Gasteiger partial charge in [0.25, 0.3) is 5.56 Å². The number of ether oxygens (including phenoxy) is 4. The lowest BCUT2D eigenvalue weighted by Gasteiger charge is -2.25. The van der Waals surface area contributed by atoms with Crippen molar-refractivity contribution in [3.63, 3.8) is 0 Å². The van der Waals surface area contributed by atoms with Crippen LogP contribution in [0.1, 0.15) is 37.9 Å². The Hall–Kier alpha value is -6.17. The van der Waals surface area contributed by atoms with E-state index in [1.165, 1.54) is 23.0 Å². The number of carbonyl (C=O) groups excluding carboxylic acids is 2. The van der Waals surface area contributed by atoms with Crippen molar-refractivity contribution < 1.29 is 28.5 Å². The third-order valence-electron chi connectivity index (χ3n) is 9.19. The zero-order chi connectivity index (χ0) is 39.3. The van der Waals surface area contributed by atoms with E-state index in [0.29, 0.717) is 43.7 Å². The number of halogens is 1. The first-order chi connectivity index (χ1) is 27.2. The number of methoxy groups -OCH3 is 1. The summed E-state index contributed by atoms with van der Waals surface area (Å²) in [6.45, 7) is 5.39. The minimum atomic E-state index is -0.909. The van der Waals surface area contributed by atoms with Crippen LogP contribution in [0.4, 0.5) is 0 Å². The summed E-state index contributed by atoms with van der Waals surface area (Å²) < 4.78 is 26.0. The lowest BCUT2D eigenvalue weighted by atomic mass is 9.95. The lowest BCUT2D eigenvalue weighted by Crippen LogP contribution is -2.40. The Morgan fingerprint density at radius 2 is 1.55 bits per heavy atom. The summed E-state index contributed by atoms with van der Waals surface area (Å²) in [5.74, 6) is -0.504. The molecular formula is C44H38ClN3O7S. The SMILES string of the molecule is CCOC(=O)C1=C(C)N=c2s/c(=C/c3cc(-c4ccccc4)n(-c4ccc(Cl)cc4)c3-c3ccccc3)c(=O)n2[C@@H]1c1ccc(OCC(=O)OC)c(OCC)c1. The van der Waals surface area contributed by atoms with Crippen molar-refractivity contribution in [2.45, 2.75) is 26.8 Å². The fraction of sp³-hybridized carbons (Fsp3) is 0.182. The van der Waals surface area contributed by atoms with Crippen LogP contribution in [0.3, 0.4) is 0 Å². The smallest absolute Gasteiger partial charge is 0.343 e. The Morgan fingerprint density at radius 3 is 2.21 bits per heavy atom. The molecule has 0 saturated heterocycles. The molecule has 0 N–H and O–H groups in total. The molecule has 3 heterocycles. The van der Waals surface area contributed by atoms with Crippen LogP contribution in [-0.4, -0.2) is 48.0 Å². The molecule has 4 aromatic carbocycles. The molecule has 2 aromatic heterocycles. The molecule has 0 aliphatic carbocycles. The first kappa shape index (κ1) is 38.1. The number of rotatable bonds is 12.